The molecule has 23 heavy (non-hydrogen) atoms. The van der Waals surface area contributed by atoms with Crippen molar-refractivity contribution in [3.05, 3.63) is 24.0 Å². The van der Waals surface area contributed by atoms with Crippen LogP contribution in [0.25, 0.3) is 10.2 Å². The summed E-state index contributed by atoms with van der Waals surface area (Å²) in [5.41, 5.74) is 0.416. The lowest BCUT2D eigenvalue weighted by Gasteiger charge is -2.31. The Hall–Kier alpha value is -1.73. The number of fused-ring (bicyclic) bond motifs is 1. The number of anilines is 1. The summed E-state index contributed by atoms with van der Waals surface area (Å²) in [5, 5.41) is 3.68. The molecule has 1 aliphatic heterocycles. The molecule has 1 aromatic carbocycles. The van der Waals surface area contributed by atoms with Crippen molar-refractivity contribution in [3.8, 4) is 0 Å². The number of nitrogens with zero attached hydrogens (tertiary/aromatic N) is 2. The van der Waals surface area contributed by atoms with Crippen molar-refractivity contribution in [1.82, 2.24) is 10.3 Å². The third kappa shape index (κ3) is 3.61. The van der Waals surface area contributed by atoms with Crippen LogP contribution in [0.2, 0.25) is 0 Å². The number of nitrogens with one attached hydrogen (secondary N) is 1. The normalized spacial score (nSPS) is 18.3. The lowest BCUT2D eigenvalue weighted by atomic mass is 9.97. The molecular weight excluding hydrogens is 317 g/mol. The molecule has 1 fully saturated rings. The molecule has 1 N–H and O–H groups in total. The van der Waals surface area contributed by atoms with Gasteiger partial charge in [0.05, 0.1) is 17.2 Å². The van der Waals surface area contributed by atoms with E-state index in [0.717, 1.165) is 29.2 Å². The number of carbonyl (C=O) groups excluding carboxylic acids is 1. The summed E-state index contributed by atoms with van der Waals surface area (Å²) in [7, 11) is 1.61. The first-order chi connectivity index (χ1) is 11.2. The van der Waals surface area contributed by atoms with E-state index in [9.17, 15) is 9.18 Å². The summed E-state index contributed by atoms with van der Waals surface area (Å²) in [4.78, 5) is 18.7. The SMILES string of the molecule is COCCNC(=O)C1CCCN(c2nc3c(F)cccc3s2)C1. The minimum atomic E-state index is -0.295. The number of rotatable bonds is 5. The second-order valence-corrected chi connectivity index (χ2v) is 6.66. The van der Waals surface area contributed by atoms with Gasteiger partial charge in [0.2, 0.25) is 5.91 Å². The average molecular weight is 337 g/mol. The summed E-state index contributed by atoms with van der Waals surface area (Å²) in [6.45, 7) is 2.51. The van der Waals surface area contributed by atoms with Crippen LogP contribution in [0.4, 0.5) is 9.52 Å². The van der Waals surface area contributed by atoms with Gasteiger partial charge in [-0.1, -0.05) is 17.4 Å². The number of hydrogen-bond donors (Lipinski definition) is 1. The number of halogens is 1. The van der Waals surface area contributed by atoms with Crippen LogP contribution in [0.5, 0.6) is 0 Å². The van der Waals surface area contributed by atoms with Crippen LogP contribution in [0.15, 0.2) is 18.2 Å². The van der Waals surface area contributed by atoms with Crippen LogP contribution < -0.4 is 10.2 Å². The van der Waals surface area contributed by atoms with E-state index in [1.54, 1.807) is 13.2 Å². The predicted molar refractivity (Wildman–Crippen MR) is 89.4 cm³/mol. The molecular formula is C16H20FN3O2S. The molecule has 1 aliphatic rings. The third-order valence-electron chi connectivity index (χ3n) is 4.03. The molecule has 1 unspecified atom stereocenters. The Balaban J connectivity index is 1.70. The van der Waals surface area contributed by atoms with Crippen LogP contribution in [0.1, 0.15) is 12.8 Å². The van der Waals surface area contributed by atoms with Crippen molar-refractivity contribution in [2.24, 2.45) is 5.92 Å². The molecule has 0 radical (unpaired) electrons. The molecule has 124 valence electrons. The molecule has 5 nitrogen and oxygen atoms in total. The highest BCUT2D eigenvalue weighted by atomic mass is 32.1. The largest absolute Gasteiger partial charge is 0.383 e. The minimum Gasteiger partial charge on any atom is -0.383 e. The summed E-state index contributed by atoms with van der Waals surface area (Å²) in [6, 6.07) is 4.99. The quantitative estimate of drug-likeness (QED) is 0.852. The van der Waals surface area contributed by atoms with Gasteiger partial charge in [-0.05, 0) is 25.0 Å². The summed E-state index contributed by atoms with van der Waals surface area (Å²) >= 11 is 1.48. The smallest absolute Gasteiger partial charge is 0.224 e. The van der Waals surface area contributed by atoms with E-state index in [1.807, 2.05) is 6.07 Å². The zero-order valence-corrected chi connectivity index (χ0v) is 13.9. The lowest BCUT2D eigenvalue weighted by Crippen LogP contribution is -2.43. The van der Waals surface area contributed by atoms with Crippen molar-refractivity contribution in [3.63, 3.8) is 0 Å². The van der Waals surface area contributed by atoms with Gasteiger partial charge in [0.1, 0.15) is 11.3 Å². The lowest BCUT2D eigenvalue weighted by molar-refractivity contribution is -0.125. The van der Waals surface area contributed by atoms with Gasteiger partial charge in [-0.15, -0.1) is 0 Å². The van der Waals surface area contributed by atoms with Crippen LogP contribution >= 0.6 is 11.3 Å². The van der Waals surface area contributed by atoms with E-state index in [1.165, 1.54) is 17.4 Å². The Kier molecular flexibility index (Phi) is 5.07. The van der Waals surface area contributed by atoms with E-state index >= 15 is 0 Å². The van der Waals surface area contributed by atoms with Gasteiger partial charge in [-0.2, -0.15) is 0 Å². The second-order valence-electron chi connectivity index (χ2n) is 5.65. The van der Waals surface area contributed by atoms with Gasteiger partial charge in [0.25, 0.3) is 0 Å². The van der Waals surface area contributed by atoms with Crippen LogP contribution in [-0.2, 0) is 9.53 Å². The maximum atomic E-state index is 13.8. The minimum absolute atomic E-state index is 0.0547. The number of piperidine rings is 1. The molecule has 0 bridgehead atoms. The van der Waals surface area contributed by atoms with E-state index in [2.05, 4.69) is 15.2 Å². The fourth-order valence-electron chi connectivity index (χ4n) is 2.82. The average Bonchev–Trinajstić information content (AvgIpc) is 3.01. The Bertz CT molecular complexity index is 691. The first kappa shape index (κ1) is 16.1. The summed E-state index contributed by atoms with van der Waals surface area (Å²) < 4.78 is 19.6. The van der Waals surface area contributed by atoms with Crippen molar-refractivity contribution < 1.29 is 13.9 Å². The highest BCUT2D eigenvalue weighted by molar-refractivity contribution is 7.22. The van der Waals surface area contributed by atoms with Gasteiger partial charge in [-0.25, -0.2) is 9.37 Å². The molecule has 0 aliphatic carbocycles. The van der Waals surface area contributed by atoms with Crippen LogP contribution in [0, 0.1) is 11.7 Å². The molecule has 1 amide bonds. The number of benzene rings is 1. The highest BCUT2D eigenvalue weighted by Gasteiger charge is 2.27. The van der Waals surface area contributed by atoms with E-state index in [4.69, 9.17) is 4.74 Å². The molecule has 3 rings (SSSR count). The zero-order chi connectivity index (χ0) is 16.2. The third-order valence-corrected chi connectivity index (χ3v) is 5.11. The predicted octanol–water partition coefficient (Wildman–Crippen LogP) is 2.41. The van der Waals surface area contributed by atoms with E-state index < -0.39 is 0 Å². The molecule has 0 spiro atoms. The first-order valence-corrected chi connectivity index (χ1v) is 8.57. The number of carbonyl (C=O) groups is 1. The van der Waals surface area contributed by atoms with E-state index in [-0.39, 0.29) is 17.6 Å². The Morgan fingerprint density at radius 1 is 1.57 bits per heavy atom. The van der Waals surface area contributed by atoms with Gasteiger partial charge in [0.15, 0.2) is 5.13 Å². The van der Waals surface area contributed by atoms with Gasteiger partial charge < -0.3 is 15.0 Å². The highest BCUT2D eigenvalue weighted by Crippen LogP contribution is 2.32. The van der Waals surface area contributed by atoms with Crippen molar-refractivity contribution >= 4 is 32.6 Å². The molecule has 1 atom stereocenters. The summed E-state index contributed by atoms with van der Waals surface area (Å²) in [5.74, 6) is -0.299. The second kappa shape index (κ2) is 7.23. The number of ether oxygens (including phenoxy) is 1. The maximum Gasteiger partial charge on any atom is 0.224 e. The van der Waals surface area contributed by atoms with Crippen LogP contribution in [0.3, 0.4) is 0 Å². The number of methoxy groups -OCH3 is 1. The van der Waals surface area contributed by atoms with Gasteiger partial charge in [0, 0.05) is 26.7 Å². The molecule has 2 heterocycles. The monoisotopic (exact) mass is 337 g/mol. The van der Waals surface area contributed by atoms with Crippen molar-refractivity contribution in [2.75, 3.05) is 38.3 Å². The van der Waals surface area contributed by atoms with E-state index in [0.29, 0.717) is 25.2 Å². The number of amides is 1. The number of thiazole rings is 1. The fourth-order valence-corrected chi connectivity index (χ4v) is 3.84. The number of aromatic nitrogens is 1. The van der Waals surface area contributed by atoms with Gasteiger partial charge >= 0.3 is 0 Å². The molecule has 1 aromatic heterocycles. The van der Waals surface area contributed by atoms with Gasteiger partial charge in [-0.3, -0.25) is 4.79 Å². The summed E-state index contributed by atoms with van der Waals surface area (Å²) in [6.07, 6.45) is 1.80. The standard InChI is InChI=1S/C16H20FN3O2S/c1-22-9-7-18-15(21)11-4-3-8-20(10-11)16-19-14-12(17)5-2-6-13(14)23-16/h2,5-6,11H,3-4,7-10H2,1H3,(H,18,21). The molecule has 7 heteroatoms. The first-order valence-electron chi connectivity index (χ1n) is 7.75. The topological polar surface area (TPSA) is 54.5 Å². The number of hydrogen-bond acceptors (Lipinski definition) is 5. The Morgan fingerprint density at radius 2 is 2.43 bits per heavy atom. The Labute approximate surface area is 138 Å². The fraction of sp³-hybridized carbons (Fsp3) is 0.500. The molecule has 0 saturated carbocycles. The zero-order valence-electron chi connectivity index (χ0n) is 13.0. The molecule has 2 aromatic rings. The Morgan fingerprint density at radius 3 is 3.22 bits per heavy atom. The number of para-hydroxylation sites is 1. The van der Waals surface area contributed by atoms with Crippen molar-refractivity contribution in [1.29, 1.82) is 0 Å². The maximum absolute atomic E-state index is 13.8. The van der Waals surface area contributed by atoms with Crippen LogP contribution in [-0.4, -0.2) is 44.2 Å². The molecule has 1 saturated heterocycles. The van der Waals surface area contributed by atoms with Crippen molar-refractivity contribution in [2.45, 2.75) is 12.8 Å².